The van der Waals surface area contributed by atoms with Crippen LogP contribution in [-0.4, -0.2) is 58.9 Å². The molecule has 2 aromatic carbocycles. The zero-order valence-corrected chi connectivity index (χ0v) is 32.2. The number of nitrogens with zero attached hydrogens (tertiary/aromatic N) is 5. The summed E-state index contributed by atoms with van der Waals surface area (Å²) in [6, 6.07) is 17.1. The second-order valence-corrected chi connectivity index (χ2v) is 15.0. The number of carbonyl (C=O) groups excluding carboxylic acids is 3. The Morgan fingerprint density at radius 1 is 0.964 bits per heavy atom. The van der Waals surface area contributed by atoms with Crippen molar-refractivity contribution in [2.24, 2.45) is 5.92 Å². The Bertz CT molecular complexity index is 2230. The number of nitrogens with one attached hydrogen (secondary N) is 1. The number of halogens is 1. The SMILES string of the molecule is CCCc1nc(CC)c(C(=O)CCN(C(=O)c2cccnc2)c2cccnc2)n1Cc1ccc(-c2ccccc2S(=O)(=O)NC(=O)OCCC(C)C)cc1F. The average Bonchev–Trinajstić information content (AvgIpc) is 3.52. The van der Waals surface area contributed by atoms with Crippen LogP contribution in [0.3, 0.4) is 0 Å². The number of hydrogen-bond acceptors (Lipinski definition) is 9. The molecule has 3 heterocycles. The van der Waals surface area contributed by atoms with Gasteiger partial charge in [-0.05, 0) is 67.1 Å². The number of hydrogen-bond donors (Lipinski definition) is 1. The van der Waals surface area contributed by atoms with Crippen LogP contribution in [-0.2, 0) is 34.1 Å². The second-order valence-electron chi connectivity index (χ2n) is 13.3. The minimum atomic E-state index is -4.37. The van der Waals surface area contributed by atoms with E-state index in [1.165, 1.54) is 35.4 Å². The van der Waals surface area contributed by atoms with Gasteiger partial charge in [-0.25, -0.2) is 27.3 Å². The molecular weight excluding hydrogens is 724 g/mol. The summed E-state index contributed by atoms with van der Waals surface area (Å²) < 4.78 is 51.4. The van der Waals surface area contributed by atoms with Crippen molar-refractivity contribution >= 4 is 33.5 Å². The number of amides is 2. The molecule has 0 aliphatic rings. The number of pyridine rings is 2. The first-order valence-electron chi connectivity index (χ1n) is 18.2. The number of imidazole rings is 1. The molecule has 0 fully saturated rings. The Labute approximate surface area is 320 Å². The Kier molecular flexibility index (Phi) is 13.6. The van der Waals surface area contributed by atoms with Gasteiger partial charge in [-0.3, -0.25) is 19.6 Å². The number of carbonyl (C=O) groups is 3. The van der Waals surface area contributed by atoms with Crippen molar-refractivity contribution in [2.45, 2.75) is 71.2 Å². The van der Waals surface area contributed by atoms with Crippen molar-refractivity contribution in [1.29, 1.82) is 0 Å². The highest BCUT2D eigenvalue weighted by Crippen LogP contribution is 2.30. The lowest BCUT2D eigenvalue weighted by Crippen LogP contribution is -2.33. The van der Waals surface area contributed by atoms with Gasteiger partial charge in [0.05, 0.1) is 41.2 Å². The molecule has 0 saturated carbocycles. The fourth-order valence-electron chi connectivity index (χ4n) is 6.07. The molecule has 14 heteroatoms. The van der Waals surface area contributed by atoms with Crippen LogP contribution in [0.15, 0.2) is 96.4 Å². The predicted molar refractivity (Wildman–Crippen MR) is 207 cm³/mol. The summed E-state index contributed by atoms with van der Waals surface area (Å²) in [4.78, 5) is 54.4. The molecule has 0 bridgehead atoms. The Hall–Kier alpha value is -5.76. The summed E-state index contributed by atoms with van der Waals surface area (Å²) in [5.41, 5.74) is 2.52. The Balaban J connectivity index is 1.42. The summed E-state index contributed by atoms with van der Waals surface area (Å²) in [7, 11) is -4.37. The van der Waals surface area contributed by atoms with Gasteiger partial charge in [-0.15, -0.1) is 0 Å². The maximum atomic E-state index is 16.1. The van der Waals surface area contributed by atoms with Crippen LogP contribution in [0, 0.1) is 11.7 Å². The van der Waals surface area contributed by atoms with Crippen molar-refractivity contribution in [3.8, 4) is 11.1 Å². The maximum Gasteiger partial charge on any atom is 0.421 e. The lowest BCUT2D eigenvalue weighted by Gasteiger charge is -2.22. The number of rotatable bonds is 17. The van der Waals surface area contributed by atoms with E-state index in [-0.39, 0.29) is 65.3 Å². The zero-order chi connectivity index (χ0) is 39.5. The van der Waals surface area contributed by atoms with Crippen LogP contribution >= 0.6 is 0 Å². The smallest absolute Gasteiger partial charge is 0.421 e. The van der Waals surface area contributed by atoms with Crippen LogP contribution < -0.4 is 9.62 Å². The summed E-state index contributed by atoms with van der Waals surface area (Å²) in [5, 5.41) is 0. The molecule has 0 atom stereocenters. The monoisotopic (exact) mass is 768 g/mol. The van der Waals surface area contributed by atoms with Gasteiger partial charge in [0.25, 0.3) is 15.9 Å². The third-order valence-corrected chi connectivity index (χ3v) is 10.3. The molecule has 5 rings (SSSR count). The first-order chi connectivity index (χ1) is 26.4. The normalized spacial score (nSPS) is 11.4. The van der Waals surface area contributed by atoms with Crippen LogP contribution in [0.5, 0.6) is 0 Å². The molecule has 12 nitrogen and oxygen atoms in total. The number of anilines is 1. The molecule has 55 heavy (non-hydrogen) atoms. The highest BCUT2D eigenvalue weighted by atomic mass is 32.2. The van der Waals surface area contributed by atoms with Gasteiger partial charge in [-0.2, -0.15) is 0 Å². The number of ketones is 1. The van der Waals surface area contributed by atoms with Crippen molar-refractivity contribution in [3.05, 3.63) is 126 Å². The molecule has 0 aliphatic heterocycles. The van der Waals surface area contributed by atoms with E-state index in [4.69, 9.17) is 9.72 Å². The maximum absolute atomic E-state index is 16.1. The van der Waals surface area contributed by atoms with Gasteiger partial charge >= 0.3 is 6.09 Å². The summed E-state index contributed by atoms with van der Waals surface area (Å²) in [6.45, 7) is 7.89. The van der Waals surface area contributed by atoms with E-state index in [0.29, 0.717) is 47.7 Å². The number of Topliss-reactive ketones (excluding diaryl/α,β-unsaturated/α-hetero) is 1. The first-order valence-corrected chi connectivity index (χ1v) is 19.7. The van der Waals surface area contributed by atoms with E-state index in [1.54, 1.807) is 65.6 Å². The van der Waals surface area contributed by atoms with Crippen molar-refractivity contribution in [1.82, 2.24) is 24.2 Å². The molecule has 288 valence electrons. The van der Waals surface area contributed by atoms with Crippen LogP contribution in [0.2, 0.25) is 0 Å². The van der Waals surface area contributed by atoms with Gasteiger partial charge in [0.15, 0.2) is 5.78 Å². The zero-order valence-electron chi connectivity index (χ0n) is 31.4. The topological polar surface area (TPSA) is 153 Å². The summed E-state index contributed by atoms with van der Waals surface area (Å²) in [6.07, 6.45) is 7.35. The summed E-state index contributed by atoms with van der Waals surface area (Å²) >= 11 is 0. The lowest BCUT2D eigenvalue weighted by atomic mass is 10.0. The first kappa shape index (κ1) is 40.4. The third kappa shape index (κ3) is 10.1. The Morgan fingerprint density at radius 2 is 1.71 bits per heavy atom. The minimum Gasteiger partial charge on any atom is -0.449 e. The molecule has 2 amide bonds. The van der Waals surface area contributed by atoms with Crippen LogP contribution in [0.25, 0.3) is 11.1 Å². The highest BCUT2D eigenvalue weighted by molar-refractivity contribution is 7.90. The molecule has 3 aromatic heterocycles. The Morgan fingerprint density at radius 3 is 2.36 bits per heavy atom. The molecule has 1 N–H and O–H groups in total. The molecule has 0 radical (unpaired) electrons. The van der Waals surface area contributed by atoms with Crippen LogP contribution in [0.4, 0.5) is 14.9 Å². The molecule has 0 aliphatic carbocycles. The molecular formula is C41H45FN6O6S. The average molecular weight is 769 g/mol. The minimum absolute atomic E-state index is 0.0137. The largest absolute Gasteiger partial charge is 0.449 e. The lowest BCUT2D eigenvalue weighted by molar-refractivity contribution is 0.0961. The molecule has 0 saturated heterocycles. The van der Waals surface area contributed by atoms with E-state index in [2.05, 4.69) is 9.97 Å². The van der Waals surface area contributed by atoms with Crippen molar-refractivity contribution in [3.63, 3.8) is 0 Å². The van der Waals surface area contributed by atoms with Gasteiger partial charge in [0.2, 0.25) is 0 Å². The van der Waals surface area contributed by atoms with Crippen molar-refractivity contribution in [2.75, 3.05) is 18.1 Å². The van der Waals surface area contributed by atoms with Gasteiger partial charge in [0, 0.05) is 49.1 Å². The predicted octanol–water partition coefficient (Wildman–Crippen LogP) is 7.42. The van der Waals surface area contributed by atoms with E-state index < -0.39 is 21.9 Å². The molecule has 0 spiro atoms. The standard InChI is InChI=1S/C41H45FN6O6S/c1-5-11-38-45-35(6-2)39(36(49)18-22-47(32-13-10-21-44-26-32)40(50)30-12-9-20-43-25-30)48(38)27-31-17-16-29(24-34(31)42)33-14-7-8-15-37(33)55(52,53)46-41(51)54-23-19-28(3)4/h7-10,12-17,20-21,24-26,28H,5-6,11,18-19,22-23,27H2,1-4H3,(H,46,51). The van der Waals surface area contributed by atoms with E-state index in [9.17, 15) is 22.8 Å². The number of benzene rings is 2. The molecule has 5 aromatic rings. The number of aryl methyl sites for hydroxylation is 2. The number of sulfonamides is 1. The number of ether oxygens (including phenoxy) is 1. The van der Waals surface area contributed by atoms with Gasteiger partial charge in [0.1, 0.15) is 17.3 Å². The van der Waals surface area contributed by atoms with Gasteiger partial charge < -0.3 is 14.2 Å². The van der Waals surface area contributed by atoms with Crippen LogP contribution in [0.1, 0.15) is 84.9 Å². The fraction of sp³-hybridized carbons (Fsp3) is 0.317. The summed E-state index contributed by atoms with van der Waals surface area (Å²) in [5.74, 6) is -0.322. The number of aromatic nitrogens is 4. The quantitative estimate of drug-likeness (QED) is 0.0953. The van der Waals surface area contributed by atoms with E-state index >= 15 is 4.39 Å². The van der Waals surface area contributed by atoms with E-state index in [0.717, 1.165) is 6.42 Å². The second kappa shape index (κ2) is 18.5. The van der Waals surface area contributed by atoms with E-state index in [1.807, 2.05) is 32.4 Å². The fourth-order valence-corrected chi connectivity index (χ4v) is 7.19. The van der Waals surface area contributed by atoms with Crippen molar-refractivity contribution < 1.29 is 31.9 Å². The highest BCUT2D eigenvalue weighted by Gasteiger charge is 2.27. The molecule has 0 unspecified atom stereocenters. The third-order valence-electron chi connectivity index (χ3n) is 8.88. The van der Waals surface area contributed by atoms with Gasteiger partial charge in [-0.1, -0.05) is 58.0 Å².